The SMILES string of the molecule is Cc1ccc(-c2ccc([P+](C)(c3ccccc3)c3ccc(C)cc3)c(-c3ccc(C)cc3)c2-c2ccc(C)cc2)cc1. The van der Waals surface area contributed by atoms with Gasteiger partial charge in [0.05, 0.1) is 6.66 Å². The molecule has 0 spiro atoms. The van der Waals surface area contributed by atoms with Crippen molar-refractivity contribution in [3.63, 3.8) is 0 Å². The van der Waals surface area contributed by atoms with Crippen molar-refractivity contribution < 1.29 is 0 Å². The van der Waals surface area contributed by atoms with E-state index in [2.05, 4.69) is 174 Å². The predicted octanol–water partition coefficient (Wildman–Crippen LogP) is 9.84. The third-order valence-corrected chi connectivity index (χ3v) is 12.5. The van der Waals surface area contributed by atoms with Gasteiger partial charge >= 0.3 is 0 Å². The molecule has 0 fully saturated rings. The summed E-state index contributed by atoms with van der Waals surface area (Å²) in [7, 11) is -2.04. The van der Waals surface area contributed by atoms with E-state index in [1.807, 2.05) is 0 Å². The van der Waals surface area contributed by atoms with E-state index in [0.717, 1.165) is 0 Å². The van der Waals surface area contributed by atoms with Crippen LogP contribution in [0.5, 0.6) is 0 Å². The number of rotatable bonds is 6. The molecule has 0 amide bonds. The lowest BCUT2D eigenvalue weighted by Crippen LogP contribution is -2.32. The first kappa shape index (κ1) is 27.9. The Hall–Kier alpha value is -4.25. The Morgan fingerprint density at radius 3 is 1.26 bits per heavy atom. The summed E-state index contributed by atoms with van der Waals surface area (Å²) in [4.78, 5) is 0. The van der Waals surface area contributed by atoms with Crippen LogP contribution in [0.15, 0.2) is 140 Å². The standard InChI is InChI=1S/C41H38P/c1-29-11-19-33(20-12-29)38-27-28-39(42(5,36-9-7-6-8-10-36)37-25-17-32(4)18-26-37)41(35-23-15-31(3)16-24-35)40(38)34-21-13-30(2)14-22-34/h6-28H,1-5H3/q+1. The van der Waals surface area contributed by atoms with Crippen LogP contribution >= 0.6 is 7.26 Å². The average molecular weight is 562 g/mol. The number of aryl methyl sites for hydroxylation is 4. The van der Waals surface area contributed by atoms with Gasteiger partial charge in [-0.15, -0.1) is 0 Å². The van der Waals surface area contributed by atoms with Gasteiger partial charge in [-0.05, 0) is 86.3 Å². The zero-order valence-corrected chi connectivity index (χ0v) is 26.1. The van der Waals surface area contributed by atoms with Crippen LogP contribution in [0, 0.1) is 27.7 Å². The molecule has 0 aliphatic carbocycles. The highest BCUT2D eigenvalue weighted by molar-refractivity contribution is 7.95. The van der Waals surface area contributed by atoms with Crippen molar-refractivity contribution >= 4 is 23.2 Å². The molecule has 1 heteroatoms. The van der Waals surface area contributed by atoms with Gasteiger partial charge in [-0.2, -0.15) is 0 Å². The zero-order valence-electron chi connectivity index (χ0n) is 25.2. The summed E-state index contributed by atoms with van der Waals surface area (Å²) in [6.07, 6.45) is 0. The largest absolute Gasteiger partial charge is 0.113 e. The minimum absolute atomic E-state index is 1.24. The molecule has 0 radical (unpaired) electrons. The van der Waals surface area contributed by atoms with E-state index in [0.29, 0.717) is 0 Å². The van der Waals surface area contributed by atoms with Crippen LogP contribution in [0.4, 0.5) is 0 Å². The first-order chi connectivity index (χ1) is 20.3. The topological polar surface area (TPSA) is 0 Å². The lowest BCUT2D eigenvalue weighted by molar-refractivity contribution is 1.45. The normalized spacial score (nSPS) is 12.6. The van der Waals surface area contributed by atoms with Crippen LogP contribution in [0.3, 0.4) is 0 Å². The molecule has 1 atom stereocenters. The second-order valence-corrected chi connectivity index (χ2v) is 15.2. The Morgan fingerprint density at radius 1 is 0.357 bits per heavy atom. The van der Waals surface area contributed by atoms with Gasteiger partial charge in [-0.3, -0.25) is 0 Å². The molecule has 0 aliphatic heterocycles. The van der Waals surface area contributed by atoms with Crippen LogP contribution in [-0.2, 0) is 0 Å². The minimum Gasteiger partial charge on any atom is -0.0620 e. The molecule has 0 nitrogen and oxygen atoms in total. The Morgan fingerprint density at radius 2 is 0.762 bits per heavy atom. The lowest BCUT2D eigenvalue weighted by Gasteiger charge is -2.28. The maximum atomic E-state index is 2.50. The van der Waals surface area contributed by atoms with Crippen molar-refractivity contribution in [1.82, 2.24) is 0 Å². The van der Waals surface area contributed by atoms with E-state index >= 15 is 0 Å². The minimum atomic E-state index is -2.04. The van der Waals surface area contributed by atoms with Gasteiger partial charge in [0.15, 0.2) is 0 Å². The number of benzene rings is 6. The third-order valence-electron chi connectivity index (χ3n) is 8.53. The highest BCUT2D eigenvalue weighted by atomic mass is 31.2. The van der Waals surface area contributed by atoms with Crippen molar-refractivity contribution in [3.05, 3.63) is 162 Å². The molecule has 1 unspecified atom stereocenters. The van der Waals surface area contributed by atoms with Crippen LogP contribution in [-0.4, -0.2) is 6.66 Å². The fourth-order valence-corrected chi connectivity index (χ4v) is 9.40. The summed E-state index contributed by atoms with van der Waals surface area (Å²) >= 11 is 0. The van der Waals surface area contributed by atoms with E-state index in [9.17, 15) is 0 Å². The van der Waals surface area contributed by atoms with E-state index in [1.54, 1.807) is 0 Å². The first-order valence-corrected chi connectivity index (χ1v) is 17.0. The van der Waals surface area contributed by atoms with Crippen molar-refractivity contribution in [1.29, 1.82) is 0 Å². The molecule has 0 N–H and O–H groups in total. The molecule has 0 aromatic heterocycles. The fraction of sp³-hybridized carbons (Fsp3) is 0.122. The Balaban J connectivity index is 1.77. The van der Waals surface area contributed by atoms with Crippen molar-refractivity contribution in [3.8, 4) is 33.4 Å². The zero-order chi connectivity index (χ0) is 29.3. The van der Waals surface area contributed by atoms with Crippen LogP contribution in [0.1, 0.15) is 22.3 Å². The van der Waals surface area contributed by atoms with Crippen molar-refractivity contribution in [2.75, 3.05) is 6.66 Å². The second kappa shape index (κ2) is 11.6. The summed E-state index contributed by atoms with van der Waals surface area (Å²) in [5, 5.41) is 4.19. The highest BCUT2D eigenvalue weighted by Crippen LogP contribution is 2.56. The van der Waals surface area contributed by atoms with Crippen molar-refractivity contribution in [2.45, 2.75) is 27.7 Å². The van der Waals surface area contributed by atoms with Gasteiger partial charge in [0.2, 0.25) is 0 Å². The molecule has 0 saturated carbocycles. The van der Waals surface area contributed by atoms with Gasteiger partial charge in [0.25, 0.3) is 0 Å². The van der Waals surface area contributed by atoms with Gasteiger partial charge < -0.3 is 0 Å². The van der Waals surface area contributed by atoms with E-state index in [1.165, 1.54) is 71.5 Å². The third kappa shape index (κ3) is 5.24. The van der Waals surface area contributed by atoms with Gasteiger partial charge in [-0.25, -0.2) is 0 Å². The van der Waals surface area contributed by atoms with E-state index in [-0.39, 0.29) is 0 Å². The second-order valence-electron chi connectivity index (χ2n) is 11.7. The van der Waals surface area contributed by atoms with Gasteiger partial charge in [-0.1, -0.05) is 125 Å². The quantitative estimate of drug-likeness (QED) is 0.178. The Bertz CT molecular complexity index is 1810. The molecule has 0 aliphatic rings. The number of hydrogen-bond donors (Lipinski definition) is 0. The molecule has 6 aromatic rings. The summed E-state index contributed by atoms with van der Waals surface area (Å²) < 4.78 is 0. The summed E-state index contributed by atoms with van der Waals surface area (Å²) in [6, 6.07) is 52.4. The molecular formula is C41H38P+. The van der Waals surface area contributed by atoms with E-state index in [4.69, 9.17) is 0 Å². The average Bonchev–Trinajstić information content (AvgIpc) is 3.02. The first-order valence-electron chi connectivity index (χ1n) is 14.7. The maximum Gasteiger partial charge on any atom is 0.113 e. The van der Waals surface area contributed by atoms with Gasteiger partial charge in [0, 0.05) is 11.1 Å². The predicted molar refractivity (Wildman–Crippen MR) is 186 cm³/mol. The molecule has 0 saturated heterocycles. The van der Waals surface area contributed by atoms with Gasteiger partial charge in [0.1, 0.15) is 23.2 Å². The molecular weight excluding hydrogens is 523 g/mol. The molecule has 42 heavy (non-hydrogen) atoms. The summed E-state index contributed by atoms with van der Waals surface area (Å²) in [6.45, 7) is 11.2. The van der Waals surface area contributed by atoms with E-state index < -0.39 is 7.26 Å². The smallest absolute Gasteiger partial charge is 0.0620 e. The Labute approximate surface area is 252 Å². The molecule has 0 bridgehead atoms. The summed E-state index contributed by atoms with van der Waals surface area (Å²) in [5.41, 5.74) is 12.7. The molecule has 6 aromatic carbocycles. The molecule has 6 rings (SSSR count). The molecule has 206 valence electrons. The number of hydrogen-bond acceptors (Lipinski definition) is 0. The van der Waals surface area contributed by atoms with Crippen LogP contribution in [0.25, 0.3) is 33.4 Å². The molecule has 0 heterocycles. The monoisotopic (exact) mass is 561 g/mol. The highest BCUT2D eigenvalue weighted by Gasteiger charge is 2.43. The van der Waals surface area contributed by atoms with Crippen LogP contribution < -0.4 is 15.9 Å². The maximum absolute atomic E-state index is 2.50. The lowest BCUT2D eigenvalue weighted by atomic mass is 9.87. The van der Waals surface area contributed by atoms with Crippen molar-refractivity contribution in [2.24, 2.45) is 0 Å². The Kier molecular flexibility index (Phi) is 7.68. The summed E-state index contributed by atoms with van der Waals surface area (Å²) in [5.74, 6) is 0. The fourth-order valence-electron chi connectivity index (χ4n) is 5.97. The van der Waals surface area contributed by atoms with Crippen LogP contribution in [0.2, 0.25) is 0 Å².